The van der Waals surface area contributed by atoms with Gasteiger partial charge < -0.3 is 4.74 Å². The summed E-state index contributed by atoms with van der Waals surface area (Å²) in [7, 11) is 1.55. The number of amides is 1. The van der Waals surface area contributed by atoms with Gasteiger partial charge in [0.1, 0.15) is 11.6 Å². The molecule has 1 aliphatic heterocycles. The van der Waals surface area contributed by atoms with E-state index in [0.29, 0.717) is 35.2 Å². The Morgan fingerprint density at radius 1 is 1.13 bits per heavy atom. The fraction of sp³-hybridized carbons (Fsp3) is 0.333. The molecule has 1 aliphatic rings. The van der Waals surface area contributed by atoms with Gasteiger partial charge in [0, 0.05) is 29.9 Å². The zero-order valence-corrected chi connectivity index (χ0v) is 17.5. The fourth-order valence-corrected chi connectivity index (χ4v) is 3.91. The van der Waals surface area contributed by atoms with Gasteiger partial charge in [-0.3, -0.25) is 14.5 Å². The highest BCUT2D eigenvalue weighted by atomic mass is 16.5. The molecule has 154 valence electrons. The van der Waals surface area contributed by atoms with Crippen LogP contribution in [0.3, 0.4) is 0 Å². The molecule has 1 aromatic carbocycles. The third-order valence-corrected chi connectivity index (χ3v) is 5.74. The van der Waals surface area contributed by atoms with E-state index in [1.54, 1.807) is 18.1 Å². The van der Waals surface area contributed by atoms with E-state index < -0.39 is 0 Å². The van der Waals surface area contributed by atoms with Gasteiger partial charge in [-0.25, -0.2) is 4.98 Å². The molecule has 0 saturated carbocycles. The number of rotatable bonds is 7. The van der Waals surface area contributed by atoms with E-state index in [2.05, 4.69) is 23.8 Å². The average Bonchev–Trinajstić information content (AvgIpc) is 3.04. The van der Waals surface area contributed by atoms with Gasteiger partial charge in [-0.2, -0.15) is 4.98 Å². The van der Waals surface area contributed by atoms with Crippen molar-refractivity contribution in [2.24, 2.45) is 5.92 Å². The van der Waals surface area contributed by atoms with E-state index in [1.165, 1.54) is 0 Å². The molecular formula is C24H25N3O3. The molecule has 0 bridgehead atoms. The number of ether oxygens (including phenoxy) is 1. The molecular weight excluding hydrogens is 378 g/mol. The van der Waals surface area contributed by atoms with Crippen molar-refractivity contribution in [2.45, 2.75) is 39.2 Å². The van der Waals surface area contributed by atoms with Crippen LogP contribution in [0.1, 0.15) is 55.1 Å². The van der Waals surface area contributed by atoms with E-state index in [9.17, 15) is 9.59 Å². The van der Waals surface area contributed by atoms with E-state index in [1.807, 2.05) is 42.5 Å². The molecule has 4 rings (SSSR count). The quantitative estimate of drug-likeness (QED) is 0.570. The van der Waals surface area contributed by atoms with Gasteiger partial charge in [-0.05, 0) is 35.7 Å². The zero-order valence-electron chi connectivity index (χ0n) is 17.5. The lowest BCUT2D eigenvalue weighted by atomic mass is 9.95. The summed E-state index contributed by atoms with van der Waals surface area (Å²) in [6.45, 7) is 4.16. The highest BCUT2D eigenvalue weighted by Crippen LogP contribution is 2.39. The number of hydrogen-bond donors (Lipinski definition) is 0. The molecule has 3 heterocycles. The predicted molar refractivity (Wildman–Crippen MR) is 116 cm³/mol. The van der Waals surface area contributed by atoms with Crippen LogP contribution in [0.25, 0.3) is 11.0 Å². The molecule has 0 fully saturated rings. The Kier molecular flexibility index (Phi) is 5.48. The van der Waals surface area contributed by atoms with Crippen LogP contribution >= 0.6 is 0 Å². The number of anilines is 1. The van der Waals surface area contributed by atoms with Crippen LogP contribution in [0.4, 0.5) is 5.82 Å². The maximum absolute atomic E-state index is 13.3. The third-order valence-electron chi connectivity index (χ3n) is 5.74. The highest BCUT2D eigenvalue weighted by molar-refractivity contribution is 6.11. The summed E-state index contributed by atoms with van der Waals surface area (Å²) < 4.78 is 5.20. The molecule has 0 N–H and O–H groups in total. The summed E-state index contributed by atoms with van der Waals surface area (Å²) in [4.78, 5) is 36.7. The Hall–Kier alpha value is -3.28. The number of methoxy groups -OCH3 is 1. The Morgan fingerprint density at radius 3 is 2.67 bits per heavy atom. The minimum atomic E-state index is -0.360. The summed E-state index contributed by atoms with van der Waals surface area (Å²) in [6.07, 6.45) is 1.74. The number of pyridine rings is 2. The second kappa shape index (κ2) is 8.22. The molecule has 0 spiro atoms. The summed E-state index contributed by atoms with van der Waals surface area (Å²) in [5, 5.41) is 0.855. The van der Waals surface area contributed by atoms with E-state index in [-0.39, 0.29) is 24.2 Å². The first-order valence-electron chi connectivity index (χ1n) is 10.3. The van der Waals surface area contributed by atoms with Gasteiger partial charge in [0.2, 0.25) is 5.88 Å². The minimum Gasteiger partial charge on any atom is -0.481 e. The molecule has 3 aromatic rings. The van der Waals surface area contributed by atoms with E-state index in [4.69, 9.17) is 4.74 Å². The summed E-state index contributed by atoms with van der Waals surface area (Å²) >= 11 is 0. The first-order chi connectivity index (χ1) is 14.5. The third kappa shape index (κ3) is 3.65. The van der Waals surface area contributed by atoms with E-state index >= 15 is 0 Å². The molecule has 2 aromatic heterocycles. The Labute approximate surface area is 175 Å². The van der Waals surface area contributed by atoms with Crippen LogP contribution in [0.5, 0.6) is 5.88 Å². The molecule has 0 radical (unpaired) electrons. The Morgan fingerprint density at radius 2 is 1.90 bits per heavy atom. The van der Waals surface area contributed by atoms with Crippen LogP contribution in [-0.4, -0.2) is 28.8 Å². The van der Waals surface area contributed by atoms with Gasteiger partial charge in [0.05, 0.1) is 13.2 Å². The number of nitrogens with zero attached hydrogens (tertiary/aromatic N) is 3. The highest BCUT2D eigenvalue weighted by Gasteiger charge is 2.39. The number of ketones is 1. The SMILES string of the molecule is CCC(C)CC(=O)CC1c2ccccc2C(=O)N1c1ccc2ccc(OC)nc2n1. The average molecular weight is 403 g/mol. The summed E-state index contributed by atoms with van der Waals surface area (Å²) in [5.41, 5.74) is 2.00. The van der Waals surface area contributed by atoms with Gasteiger partial charge in [0.15, 0.2) is 5.65 Å². The molecule has 6 heteroatoms. The van der Waals surface area contributed by atoms with Crippen molar-refractivity contribution in [1.82, 2.24) is 9.97 Å². The lowest BCUT2D eigenvalue weighted by Gasteiger charge is -2.24. The largest absolute Gasteiger partial charge is 0.481 e. The van der Waals surface area contributed by atoms with Crippen LogP contribution in [0, 0.1) is 5.92 Å². The van der Waals surface area contributed by atoms with Crippen molar-refractivity contribution in [3.63, 3.8) is 0 Å². The minimum absolute atomic E-state index is 0.137. The predicted octanol–water partition coefficient (Wildman–Crippen LogP) is 4.74. The molecule has 2 atom stereocenters. The maximum atomic E-state index is 13.3. The van der Waals surface area contributed by atoms with Gasteiger partial charge >= 0.3 is 0 Å². The monoisotopic (exact) mass is 403 g/mol. The van der Waals surface area contributed by atoms with Crippen LogP contribution in [-0.2, 0) is 4.79 Å². The molecule has 1 amide bonds. The normalized spacial score (nSPS) is 16.6. The smallest absolute Gasteiger partial charge is 0.260 e. The Bertz CT molecular complexity index is 1110. The summed E-state index contributed by atoms with van der Waals surface area (Å²) in [6, 6.07) is 14.5. The number of carbonyl (C=O) groups is 2. The molecule has 0 saturated heterocycles. The zero-order chi connectivity index (χ0) is 21.3. The van der Waals surface area contributed by atoms with Crippen LogP contribution < -0.4 is 9.64 Å². The number of hydrogen-bond acceptors (Lipinski definition) is 5. The van der Waals surface area contributed by atoms with Crippen molar-refractivity contribution in [1.29, 1.82) is 0 Å². The van der Waals surface area contributed by atoms with Crippen molar-refractivity contribution in [3.8, 4) is 5.88 Å². The maximum Gasteiger partial charge on any atom is 0.260 e. The van der Waals surface area contributed by atoms with Crippen LogP contribution in [0.15, 0.2) is 48.5 Å². The second-order valence-electron chi connectivity index (χ2n) is 7.81. The standard InChI is InChI=1S/C24H25N3O3/c1-4-15(2)13-17(28)14-20-18-7-5-6-8-19(18)24(29)27(20)21-11-9-16-10-12-22(30-3)26-23(16)25-21/h5-12,15,20H,4,13-14H2,1-3H3. The molecule has 0 aliphatic carbocycles. The number of benzene rings is 1. The molecule has 6 nitrogen and oxygen atoms in total. The van der Waals surface area contributed by atoms with Crippen molar-refractivity contribution < 1.29 is 14.3 Å². The van der Waals surface area contributed by atoms with E-state index in [0.717, 1.165) is 17.4 Å². The van der Waals surface area contributed by atoms with Crippen molar-refractivity contribution in [3.05, 3.63) is 59.7 Å². The second-order valence-corrected chi connectivity index (χ2v) is 7.81. The topological polar surface area (TPSA) is 72.4 Å². The molecule has 2 unspecified atom stereocenters. The number of Topliss-reactive ketones (excluding diaryl/α,β-unsaturated/α-hetero) is 1. The Balaban J connectivity index is 1.73. The number of fused-ring (bicyclic) bond motifs is 2. The van der Waals surface area contributed by atoms with Crippen LogP contribution in [0.2, 0.25) is 0 Å². The molecule has 30 heavy (non-hydrogen) atoms. The first-order valence-corrected chi connectivity index (χ1v) is 10.3. The van der Waals surface area contributed by atoms with Gasteiger partial charge in [0.25, 0.3) is 5.91 Å². The first kappa shape index (κ1) is 20.0. The fourth-order valence-electron chi connectivity index (χ4n) is 3.91. The van der Waals surface area contributed by atoms with Gasteiger partial charge in [-0.15, -0.1) is 0 Å². The van der Waals surface area contributed by atoms with Crippen molar-refractivity contribution >= 4 is 28.5 Å². The lowest BCUT2D eigenvalue weighted by molar-refractivity contribution is -0.120. The number of aromatic nitrogens is 2. The van der Waals surface area contributed by atoms with Gasteiger partial charge in [-0.1, -0.05) is 38.5 Å². The summed E-state index contributed by atoms with van der Waals surface area (Å²) in [5.74, 6) is 1.30. The van der Waals surface area contributed by atoms with Crippen molar-refractivity contribution in [2.75, 3.05) is 12.0 Å². The number of carbonyl (C=O) groups excluding carboxylic acids is 2. The lowest BCUT2D eigenvalue weighted by Crippen LogP contribution is -2.30.